The lowest BCUT2D eigenvalue weighted by Crippen LogP contribution is -2.22. The molecule has 0 saturated carbocycles. The highest BCUT2D eigenvalue weighted by atomic mass is 35.5. The fraction of sp³-hybridized carbons (Fsp3) is 0.280. The van der Waals surface area contributed by atoms with Crippen molar-refractivity contribution in [3.8, 4) is 22.8 Å². The summed E-state index contributed by atoms with van der Waals surface area (Å²) in [4.78, 5) is 27.9. The SMILES string of the molecule is Cc1cc(COc2cc(C)n(-c3cc(-c4ccnc(C(C)(C)C)n4)ncc3Cl)c(=O)c2Cl)cs1. The van der Waals surface area contributed by atoms with Gasteiger partial charge in [-0.3, -0.25) is 14.3 Å². The van der Waals surface area contributed by atoms with E-state index in [1.165, 1.54) is 15.6 Å². The van der Waals surface area contributed by atoms with Crippen LogP contribution < -0.4 is 10.3 Å². The number of nitrogens with zero attached hydrogens (tertiary/aromatic N) is 4. The summed E-state index contributed by atoms with van der Waals surface area (Å²) in [5.74, 6) is 1.03. The van der Waals surface area contributed by atoms with Gasteiger partial charge in [-0.15, -0.1) is 11.3 Å². The molecular weight excluding hydrogens is 491 g/mol. The normalized spacial score (nSPS) is 11.6. The minimum Gasteiger partial charge on any atom is -0.487 e. The molecule has 0 saturated heterocycles. The first-order valence-corrected chi connectivity index (χ1v) is 12.3. The lowest BCUT2D eigenvalue weighted by molar-refractivity contribution is 0.305. The minimum absolute atomic E-state index is 0.0102. The molecule has 0 aliphatic rings. The molecule has 0 radical (unpaired) electrons. The largest absolute Gasteiger partial charge is 0.487 e. The summed E-state index contributed by atoms with van der Waals surface area (Å²) in [6, 6.07) is 7.29. The molecule has 0 aromatic carbocycles. The third-order valence-corrected chi connectivity index (χ3v) is 6.69. The van der Waals surface area contributed by atoms with E-state index in [1.807, 2.05) is 39.1 Å². The van der Waals surface area contributed by atoms with Crippen LogP contribution in [0.4, 0.5) is 0 Å². The van der Waals surface area contributed by atoms with Crippen molar-refractivity contribution in [2.75, 3.05) is 0 Å². The van der Waals surface area contributed by atoms with Gasteiger partial charge in [-0.25, -0.2) is 9.97 Å². The summed E-state index contributed by atoms with van der Waals surface area (Å²) in [7, 11) is 0. The Morgan fingerprint density at radius 3 is 2.53 bits per heavy atom. The van der Waals surface area contributed by atoms with E-state index in [9.17, 15) is 4.79 Å². The maximum Gasteiger partial charge on any atom is 0.277 e. The van der Waals surface area contributed by atoms with Crippen LogP contribution in [0.25, 0.3) is 17.1 Å². The summed E-state index contributed by atoms with van der Waals surface area (Å²) in [6.45, 7) is 10.3. The molecule has 0 spiro atoms. The van der Waals surface area contributed by atoms with E-state index in [0.29, 0.717) is 46.0 Å². The molecule has 0 aliphatic heterocycles. The molecular formula is C25H24Cl2N4O2S. The fourth-order valence-corrected chi connectivity index (χ4v) is 4.50. The Hall–Kier alpha value is -2.74. The molecule has 4 rings (SSSR count). The molecule has 0 aliphatic carbocycles. The molecule has 0 amide bonds. The van der Waals surface area contributed by atoms with Crippen molar-refractivity contribution >= 4 is 34.5 Å². The molecule has 34 heavy (non-hydrogen) atoms. The number of thiophene rings is 1. The maximum atomic E-state index is 13.3. The van der Waals surface area contributed by atoms with Gasteiger partial charge in [0.15, 0.2) is 0 Å². The Kier molecular flexibility index (Phi) is 6.80. The fourth-order valence-electron chi connectivity index (χ4n) is 3.42. The van der Waals surface area contributed by atoms with E-state index in [0.717, 1.165) is 5.56 Å². The van der Waals surface area contributed by atoms with Crippen LogP contribution in [0, 0.1) is 13.8 Å². The zero-order valence-corrected chi connectivity index (χ0v) is 21.8. The van der Waals surface area contributed by atoms with Gasteiger partial charge in [0, 0.05) is 40.0 Å². The van der Waals surface area contributed by atoms with Crippen molar-refractivity contribution < 1.29 is 4.74 Å². The summed E-state index contributed by atoms with van der Waals surface area (Å²) < 4.78 is 7.32. The zero-order valence-electron chi connectivity index (χ0n) is 19.5. The number of halogens is 2. The summed E-state index contributed by atoms with van der Waals surface area (Å²) >= 11 is 14.6. The number of aryl methyl sites for hydroxylation is 2. The van der Waals surface area contributed by atoms with Crippen molar-refractivity contribution in [3.05, 3.63) is 84.4 Å². The van der Waals surface area contributed by atoms with Crippen LogP contribution in [-0.2, 0) is 12.0 Å². The molecule has 9 heteroatoms. The number of ether oxygens (including phenoxy) is 1. The zero-order chi connectivity index (χ0) is 24.6. The Labute approximate surface area is 212 Å². The van der Waals surface area contributed by atoms with Gasteiger partial charge in [-0.1, -0.05) is 44.0 Å². The smallest absolute Gasteiger partial charge is 0.277 e. The highest BCUT2D eigenvalue weighted by Crippen LogP contribution is 2.29. The quantitative estimate of drug-likeness (QED) is 0.302. The third-order valence-electron chi connectivity index (χ3n) is 5.14. The van der Waals surface area contributed by atoms with Gasteiger partial charge in [0.05, 0.1) is 22.1 Å². The van der Waals surface area contributed by atoms with Crippen LogP contribution in [0.5, 0.6) is 5.75 Å². The van der Waals surface area contributed by atoms with E-state index in [-0.39, 0.29) is 10.4 Å². The van der Waals surface area contributed by atoms with Gasteiger partial charge in [-0.2, -0.15) is 0 Å². The molecule has 4 heterocycles. The molecule has 4 aromatic heterocycles. The second kappa shape index (κ2) is 9.49. The average Bonchev–Trinajstić information content (AvgIpc) is 3.21. The number of aromatic nitrogens is 4. The van der Waals surface area contributed by atoms with E-state index >= 15 is 0 Å². The minimum atomic E-state index is -0.421. The molecule has 0 bridgehead atoms. The average molecular weight is 515 g/mol. The molecule has 176 valence electrons. The summed E-state index contributed by atoms with van der Waals surface area (Å²) in [5.41, 5.74) is 2.69. The van der Waals surface area contributed by atoms with Crippen LogP contribution in [0.1, 0.15) is 42.7 Å². The number of hydrogen-bond acceptors (Lipinski definition) is 6. The van der Waals surface area contributed by atoms with Crippen molar-refractivity contribution in [2.24, 2.45) is 0 Å². The Morgan fingerprint density at radius 2 is 1.85 bits per heavy atom. The second-order valence-electron chi connectivity index (χ2n) is 9.00. The molecule has 0 unspecified atom stereocenters. The standard InChI is InChI=1S/C25H24Cl2N4O2S/c1-14-8-21(33-12-16-9-15(2)34-13-16)22(27)23(32)31(14)20-10-19(29-11-17(20)26)18-6-7-28-24(30-18)25(3,4)5/h6-11,13H,12H2,1-5H3. The van der Waals surface area contributed by atoms with Gasteiger partial charge >= 0.3 is 0 Å². The van der Waals surface area contributed by atoms with E-state index in [1.54, 1.807) is 42.7 Å². The lowest BCUT2D eigenvalue weighted by Gasteiger charge is -2.17. The number of hydrogen-bond donors (Lipinski definition) is 0. The molecule has 4 aromatic rings. The van der Waals surface area contributed by atoms with Crippen LogP contribution in [-0.4, -0.2) is 19.5 Å². The van der Waals surface area contributed by atoms with Gasteiger partial charge < -0.3 is 4.74 Å². The van der Waals surface area contributed by atoms with Crippen LogP contribution in [0.15, 0.2) is 46.8 Å². The first-order chi connectivity index (χ1) is 16.0. The maximum absolute atomic E-state index is 13.3. The Morgan fingerprint density at radius 1 is 1.09 bits per heavy atom. The summed E-state index contributed by atoms with van der Waals surface area (Å²) in [6.07, 6.45) is 3.21. The third kappa shape index (κ3) is 5.02. The van der Waals surface area contributed by atoms with Gasteiger partial charge in [-0.05, 0) is 37.4 Å². The van der Waals surface area contributed by atoms with Crippen LogP contribution in [0.2, 0.25) is 10.0 Å². The van der Waals surface area contributed by atoms with Crippen molar-refractivity contribution in [1.29, 1.82) is 0 Å². The second-order valence-corrected chi connectivity index (χ2v) is 10.9. The van der Waals surface area contributed by atoms with Crippen molar-refractivity contribution in [2.45, 2.75) is 46.6 Å². The molecule has 0 fully saturated rings. The topological polar surface area (TPSA) is 69.9 Å². The van der Waals surface area contributed by atoms with Gasteiger partial charge in [0.2, 0.25) is 0 Å². The van der Waals surface area contributed by atoms with E-state index in [2.05, 4.69) is 15.0 Å². The molecule has 0 N–H and O–H groups in total. The highest BCUT2D eigenvalue weighted by Gasteiger charge is 2.20. The lowest BCUT2D eigenvalue weighted by atomic mass is 9.95. The summed E-state index contributed by atoms with van der Waals surface area (Å²) in [5, 5.41) is 2.33. The first-order valence-electron chi connectivity index (χ1n) is 10.6. The highest BCUT2D eigenvalue weighted by molar-refractivity contribution is 7.10. The van der Waals surface area contributed by atoms with Gasteiger partial charge in [0.1, 0.15) is 23.2 Å². The first kappa shape index (κ1) is 24.4. The van der Waals surface area contributed by atoms with E-state index < -0.39 is 5.56 Å². The monoisotopic (exact) mass is 514 g/mol. The molecule has 6 nitrogen and oxygen atoms in total. The Bertz CT molecular complexity index is 1420. The molecule has 0 atom stereocenters. The van der Waals surface area contributed by atoms with Crippen molar-refractivity contribution in [3.63, 3.8) is 0 Å². The predicted octanol–water partition coefficient (Wildman–Crippen LogP) is 6.55. The van der Waals surface area contributed by atoms with E-state index in [4.69, 9.17) is 27.9 Å². The number of rotatable bonds is 5. The van der Waals surface area contributed by atoms with Crippen LogP contribution >= 0.6 is 34.5 Å². The predicted molar refractivity (Wildman–Crippen MR) is 138 cm³/mol. The van der Waals surface area contributed by atoms with Gasteiger partial charge in [0.25, 0.3) is 5.56 Å². The van der Waals surface area contributed by atoms with Crippen molar-refractivity contribution in [1.82, 2.24) is 19.5 Å². The number of pyridine rings is 2. The van der Waals surface area contributed by atoms with Crippen LogP contribution in [0.3, 0.4) is 0 Å². The Balaban J connectivity index is 1.73.